The van der Waals surface area contributed by atoms with Gasteiger partial charge in [-0.2, -0.15) is 0 Å². The average molecular weight is 365 g/mol. The third-order valence-electron chi connectivity index (χ3n) is 6.03. The van der Waals surface area contributed by atoms with Crippen LogP contribution in [0.5, 0.6) is 0 Å². The van der Waals surface area contributed by atoms with E-state index in [0.717, 1.165) is 24.9 Å². The van der Waals surface area contributed by atoms with Gasteiger partial charge in [-0.1, -0.05) is 18.0 Å². The number of carbonyl (C=O) groups excluding carboxylic acids is 1. The number of ether oxygens (including phenoxy) is 1. The molecule has 6 nitrogen and oxygen atoms in total. The second-order valence-corrected chi connectivity index (χ2v) is 7.97. The molecule has 136 valence electrons. The Kier molecular flexibility index (Phi) is 4.82. The fraction of sp³-hybridized carbons (Fsp3) is 0.722. The van der Waals surface area contributed by atoms with E-state index >= 15 is 0 Å². The zero-order valence-electron chi connectivity index (χ0n) is 14.6. The first-order valence-electron chi connectivity index (χ1n) is 9.28. The summed E-state index contributed by atoms with van der Waals surface area (Å²) in [5, 5.41) is 3.44. The van der Waals surface area contributed by atoms with Crippen LogP contribution < -0.4 is 10.2 Å². The van der Waals surface area contributed by atoms with Crippen LogP contribution in [0, 0.1) is 17.8 Å². The predicted octanol–water partition coefficient (Wildman–Crippen LogP) is 2.52. The van der Waals surface area contributed by atoms with Crippen LogP contribution in [0.25, 0.3) is 0 Å². The van der Waals surface area contributed by atoms with Gasteiger partial charge in [0.2, 0.25) is 5.95 Å². The molecule has 3 fully saturated rings. The van der Waals surface area contributed by atoms with Crippen LogP contribution >= 0.6 is 11.6 Å². The molecule has 1 amide bonds. The second-order valence-electron chi connectivity index (χ2n) is 7.57. The number of nitrogens with zero attached hydrogens (tertiary/aromatic N) is 3. The van der Waals surface area contributed by atoms with Crippen molar-refractivity contribution in [3.05, 3.63) is 16.9 Å². The van der Waals surface area contributed by atoms with Crippen LogP contribution in [0.2, 0.25) is 5.02 Å². The number of fused-ring (bicyclic) bond motifs is 2. The number of carbonyl (C=O) groups is 1. The van der Waals surface area contributed by atoms with Gasteiger partial charge in [0.05, 0.1) is 24.4 Å². The van der Waals surface area contributed by atoms with E-state index in [4.69, 9.17) is 16.3 Å². The van der Waals surface area contributed by atoms with Crippen molar-refractivity contribution in [2.45, 2.75) is 38.6 Å². The van der Waals surface area contributed by atoms with E-state index in [1.165, 1.54) is 31.9 Å². The number of rotatable bonds is 4. The van der Waals surface area contributed by atoms with E-state index in [9.17, 15) is 4.79 Å². The number of halogens is 1. The topological polar surface area (TPSA) is 67.4 Å². The molecule has 1 aliphatic heterocycles. The largest absolute Gasteiger partial charge is 0.378 e. The third kappa shape index (κ3) is 3.47. The average Bonchev–Trinajstić information content (AvgIpc) is 3.26. The highest BCUT2D eigenvalue weighted by molar-refractivity contribution is 6.33. The minimum absolute atomic E-state index is 0.153. The number of hydrogen-bond acceptors (Lipinski definition) is 5. The molecule has 1 aromatic rings. The van der Waals surface area contributed by atoms with Crippen molar-refractivity contribution in [3.63, 3.8) is 0 Å². The van der Waals surface area contributed by atoms with Crippen LogP contribution in [0.4, 0.5) is 5.95 Å². The van der Waals surface area contributed by atoms with Crippen LogP contribution in [-0.4, -0.2) is 48.2 Å². The second kappa shape index (κ2) is 7.08. The first-order chi connectivity index (χ1) is 12.1. The van der Waals surface area contributed by atoms with E-state index in [2.05, 4.69) is 22.2 Å². The van der Waals surface area contributed by atoms with Gasteiger partial charge in [0.1, 0.15) is 0 Å². The van der Waals surface area contributed by atoms with Gasteiger partial charge >= 0.3 is 0 Å². The van der Waals surface area contributed by atoms with Gasteiger partial charge in [-0.15, -0.1) is 0 Å². The maximum atomic E-state index is 12.7. The molecule has 2 aliphatic carbocycles. The normalized spacial score (nSPS) is 29.7. The van der Waals surface area contributed by atoms with Crippen molar-refractivity contribution in [1.29, 1.82) is 0 Å². The highest BCUT2D eigenvalue weighted by Gasteiger charge is 2.42. The van der Waals surface area contributed by atoms with Gasteiger partial charge in [0, 0.05) is 19.1 Å². The van der Waals surface area contributed by atoms with Crippen molar-refractivity contribution in [2.24, 2.45) is 17.8 Å². The summed E-state index contributed by atoms with van der Waals surface area (Å²) in [6.07, 6.45) is 6.77. The molecule has 0 aromatic carbocycles. The van der Waals surface area contributed by atoms with Crippen LogP contribution in [0.3, 0.4) is 0 Å². The molecular weight excluding hydrogens is 340 g/mol. The number of nitrogens with one attached hydrogen (secondary N) is 1. The first kappa shape index (κ1) is 17.0. The standard InChI is InChI=1S/C18H25ClN4O2/c1-11(14-9-12-2-3-13(14)8-12)21-17(24)16-15(19)10-20-18(22-16)23-4-6-25-7-5-23/h10-14H,2-9H2,1H3,(H,21,24). The molecule has 2 heterocycles. The quantitative estimate of drug-likeness (QED) is 0.889. The third-order valence-corrected chi connectivity index (χ3v) is 6.31. The molecule has 4 atom stereocenters. The summed E-state index contributed by atoms with van der Waals surface area (Å²) < 4.78 is 5.35. The molecule has 0 spiro atoms. The summed E-state index contributed by atoms with van der Waals surface area (Å²) in [5.74, 6) is 2.57. The lowest BCUT2D eigenvalue weighted by atomic mass is 9.84. The van der Waals surface area contributed by atoms with Gasteiger partial charge in [-0.25, -0.2) is 9.97 Å². The summed E-state index contributed by atoms with van der Waals surface area (Å²) in [5.41, 5.74) is 0.271. The molecule has 2 saturated carbocycles. The predicted molar refractivity (Wildman–Crippen MR) is 95.9 cm³/mol. The van der Waals surface area contributed by atoms with Gasteiger partial charge in [-0.3, -0.25) is 4.79 Å². The van der Waals surface area contributed by atoms with E-state index in [1.807, 2.05) is 4.90 Å². The molecule has 1 aromatic heterocycles. The Balaban J connectivity index is 1.45. The number of hydrogen-bond donors (Lipinski definition) is 1. The number of aromatic nitrogens is 2. The zero-order chi connectivity index (χ0) is 17.4. The Morgan fingerprint density at radius 1 is 1.36 bits per heavy atom. The highest BCUT2D eigenvalue weighted by Crippen LogP contribution is 2.49. The SMILES string of the molecule is CC(NC(=O)c1nc(N2CCOCC2)ncc1Cl)C1CC2CCC1C2. The fourth-order valence-electron chi connectivity index (χ4n) is 4.72. The molecule has 4 rings (SSSR count). The smallest absolute Gasteiger partial charge is 0.271 e. The fourth-order valence-corrected chi connectivity index (χ4v) is 4.90. The maximum absolute atomic E-state index is 12.7. The monoisotopic (exact) mass is 364 g/mol. The summed E-state index contributed by atoms with van der Waals surface area (Å²) in [4.78, 5) is 23.5. The minimum atomic E-state index is -0.197. The van der Waals surface area contributed by atoms with E-state index in [0.29, 0.717) is 30.1 Å². The van der Waals surface area contributed by atoms with Crippen LogP contribution in [-0.2, 0) is 4.74 Å². The van der Waals surface area contributed by atoms with Crippen molar-refractivity contribution in [2.75, 3.05) is 31.2 Å². The number of morpholine rings is 1. The number of amides is 1. The molecule has 1 N–H and O–H groups in total. The Labute approximate surface area is 153 Å². The highest BCUT2D eigenvalue weighted by atomic mass is 35.5. The number of anilines is 1. The molecule has 7 heteroatoms. The van der Waals surface area contributed by atoms with E-state index in [1.54, 1.807) is 0 Å². The molecule has 4 unspecified atom stereocenters. The van der Waals surface area contributed by atoms with E-state index in [-0.39, 0.29) is 17.6 Å². The Morgan fingerprint density at radius 3 is 2.84 bits per heavy atom. The summed E-state index contributed by atoms with van der Waals surface area (Å²) in [6.45, 7) is 4.86. The van der Waals surface area contributed by atoms with Crippen molar-refractivity contribution in [3.8, 4) is 0 Å². The molecule has 25 heavy (non-hydrogen) atoms. The van der Waals surface area contributed by atoms with E-state index < -0.39 is 0 Å². The maximum Gasteiger partial charge on any atom is 0.271 e. The summed E-state index contributed by atoms with van der Waals surface area (Å²) in [6, 6.07) is 0.153. The summed E-state index contributed by atoms with van der Waals surface area (Å²) >= 11 is 6.21. The lowest BCUT2D eigenvalue weighted by Gasteiger charge is -2.29. The van der Waals surface area contributed by atoms with Crippen molar-refractivity contribution >= 4 is 23.5 Å². The van der Waals surface area contributed by atoms with Crippen LogP contribution in [0.15, 0.2) is 6.20 Å². The lowest BCUT2D eigenvalue weighted by Crippen LogP contribution is -2.41. The lowest BCUT2D eigenvalue weighted by molar-refractivity contribution is 0.0910. The van der Waals surface area contributed by atoms with Gasteiger partial charge in [-0.05, 0) is 43.9 Å². The van der Waals surface area contributed by atoms with Crippen molar-refractivity contribution < 1.29 is 9.53 Å². The minimum Gasteiger partial charge on any atom is -0.378 e. The molecule has 2 bridgehead atoms. The zero-order valence-corrected chi connectivity index (χ0v) is 15.3. The molecular formula is C18H25ClN4O2. The molecule has 3 aliphatic rings. The first-order valence-corrected chi connectivity index (χ1v) is 9.65. The van der Waals surface area contributed by atoms with Gasteiger partial charge in [0.15, 0.2) is 5.69 Å². The Hall–Kier alpha value is -1.40. The molecule has 0 radical (unpaired) electrons. The van der Waals surface area contributed by atoms with Crippen LogP contribution in [0.1, 0.15) is 43.1 Å². The Bertz CT molecular complexity index is 650. The van der Waals surface area contributed by atoms with Gasteiger partial charge < -0.3 is 15.0 Å². The summed E-state index contributed by atoms with van der Waals surface area (Å²) in [7, 11) is 0. The Morgan fingerprint density at radius 2 is 2.16 bits per heavy atom. The van der Waals surface area contributed by atoms with Gasteiger partial charge in [0.25, 0.3) is 5.91 Å². The molecule has 1 saturated heterocycles. The van der Waals surface area contributed by atoms with Crippen molar-refractivity contribution in [1.82, 2.24) is 15.3 Å².